The maximum atomic E-state index is 13.0. The highest BCUT2D eigenvalue weighted by atomic mass is 32.2. The molecule has 2 heterocycles. The van der Waals surface area contributed by atoms with E-state index in [1.807, 2.05) is 80.6 Å². The molecule has 1 unspecified atom stereocenters. The number of carbonyl (C=O) groups excluding carboxylic acids is 1. The number of aromatic nitrogens is 1. The normalized spacial score (nSPS) is 17.1. The Morgan fingerprint density at radius 2 is 1.85 bits per heavy atom. The van der Waals surface area contributed by atoms with Crippen LogP contribution in [0, 0.1) is 6.92 Å². The number of nitrogens with zero attached hydrogens (tertiary/aromatic N) is 2. The molecule has 0 radical (unpaired) electrons. The summed E-state index contributed by atoms with van der Waals surface area (Å²) < 4.78 is 0.583. The summed E-state index contributed by atoms with van der Waals surface area (Å²) in [5.74, 6) is -0.0620. The zero-order chi connectivity index (χ0) is 19.0. The Hall–Kier alpha value is -2.50. The lowest BCUT2D eigenvalue weighted by molar-refractivity contribution is -0.123. The van der Waals surface area contributed by atoms with Gasteiger partial charge >= 0.3 is 0 Å². The Balaban J connectivity index is 1.66. The van der Waals surface area contributed by atoms with Gasteiger partial charge in [0.05, 0.1) is 22.2 Å². The van der Waals surface area contributed by atoms with E-state index < -0.39 is 0 Å². The van der Waals surface area contributed by atoms with Gasteiger partial charge in [-0.2, -0.15) is 0 Å². The molecule has 1 aromatic heterocycles. The summed E-state index contributed by atoms with van der Waals surface area (Å²) in [6, 6.07) is 19.9. The average molecular weight is 391 g/mol. The maximum absolute atomic E-state index is 13.0. The van der Waals surface area contributed by atoms with Gasteiger partial charge in [-0.25, -0.2) is 4.98 Å². The molecule has 2 aromatic carbocycles. The monoisotopic (exact) mass is 390 g/mol. The Morgan fingerprint density at radius 1 is 1.07 bits per heavy atom. The van der Waals surface area contributed by atoms with Gasteiger partial charge in [0, 0.05) is 5.39 Å². The zero-order valence-corrected chi connectivity index (χ0v) is 16.7. The number of thiocarbonyl (C=S) groups is 1. The minimum Gasteiger partial charge on any atom is -0.286 e. The smallest absolute Gasteiger partial charge is 0.266 e. The van der Waals surface area contributed by atoms with Gasteiger partial charge in [0.25, 0.3) is 5.91 Å². The third-order valence-corrected chi connectivity index (χ3v) is 6.05. The predicted molar refractivity (Wildman–Crippen MR) is 116 cm³/mol. The van der Waals surface area contributed by atoms with Crippen LogP contribution in [0.4, 0.5) is 0 Å². The summed E-state index contributed by atoms with van der Waals surface area (Å²) in [6.45, 7) is 4.04. The molecule has 1 atom stereocenters. The summed E-state index contributed by atoms with van der Waals surface area (Å²) in [5, 5.41) is 1.09. The molecule has 0 bridgehead atoms. The SMILES string of the molecule is Cc1cccc2ccc(/C=C3\SC(=S)N(C(C)c4ccccc4)C3=O)nc12. The summed E-state index contributed by atoms with van der Waals surface area (Å²) in [4.78, 5) is 20.0. The summed E-state index contributed by atoms with van der Waals surface area (Å²) in [7, 11) is 0. The number of amides is 1. The number of pyridine rings is 1. The molecule has 3 nitrogen and oxygen atoms in total. The fourth-order valence-electron chi connectivity index (χ4n) is 3.22. The summed E-state index contributed by atoms with van der Waals surface area (Å²) in [6.07, 6.45) is 1.84. The molecular formula is C22H18N2OS2. The number of rotatable bonds is 3. The first kappa shape index (κ1) is 17.9. The van der Waals surface area contributed by atoms with Crippen LogP contribution in [0.15, 0.2) is 65.6 Å². The minimum absolute atomic E-state index is 0.0620. The van der Waals surface area contributed by atoms with Crippen LogP contribution in [0.1, 0.15) is 29.8 Å². The van der Waals surface area contributed by atoms with Crippen molar-refractivity contribution in [1.82, 2.24) is 9.88 Å². The van der Waals surface area contributed by atoms with Crippen LogP contribution in [0.5, 0.6) is 0 Å². The van der Waals surface area contributed by atoms with Gasteiger partial charge in [0.1, 0.15) is 4.32 Å². The maximum Gasteiger partial charge on any atom is 0.266 e. The second-order valence-electron chi connectivity index (χ2n) is 6.52. The Morgan fingerprint density at radius 3 is 2.63 bits per heavy atom. The molecule has 3 aromatic rings. The molecule has 0 saturated carbocycles. The van der Waals surface area contributed by atoms with Gasteiger partial charge in [-0.1, -0.05) is 78.6 Å². The van der Waals surface area contributed by atoms with Crippen molar-refractivity contribution in [3.8, 4) is 0 Å². The van der Waals surface area contributed by atoms with Gasteiger partial charge < -0.3 is 0 Å². The first-order valence-electron chi connectivity index (χ1n) is 8.73. The highest BCUT2D eigenvalue weighted by Crippen LogP contribution is 2.37. The van der Waals surface area contributed by atoms with Crippen molar-refractivity contribution in [3.05, 3.63) is 82.4 Å². The predicted octanol–water partition coefficient (Wildman–Crippen LogP) is 5.51. The van der Waals surface area contributed by atoms with Crippen LogP contribution < -0.4 is 0 Å². The molecule has 1 aliphatic heterocycles. The van der Waals surface area contributed by atoms with E-state index in [1.165, 1.54) is 11.8 Å². The topological polar surface area (TPSA) is 33.2 Å². The molecule has 0 aliphatic carbocycles. The van der Waals surface area contributed by atoms with Crippen molar-refractivity contribution in [1.29, 1.82) is 0 Å². The standard InChI is InChI=1S/C22H18N2OS2/c1-14-7-6-10-17-11-12-18(23-20(14)17)13-19-21(25)24(22(26)27-19)15(2)16-8-4-3-5-9-16/h3-13,15H,1-2H3/b19-13-. The molecule has 0 N–H and O–H groups in total. The van der Waals surface area contributed by atoms with Gasteiger partial charge in [-0.3, -0.25) is 9.69 Å². The Bertz CT molecular complexity index is 1080. The third-order valence-electron chi connectivity index (χ3n) is 4.72. The number of hydrogen-bond acceptors (Lipinski definition) is 4. The fourth-order valence-corrected chi connectivity index (χ4v) is 4.62. The van der Waals surface area contributed by atoms with Crippen molar-refractivity contribution in [2.45, 2.75) is 19.9 Å². The molecular weight excluding hydrogens is 372 g/mol. The van der Waals surface area contributed by atoms with Crippen molar-refractivity contribution in [2.24, 2.45) is 0 Å². The van der Waals surface area contributed by atoms with Crippen molar-refractivity contribution in [2.75, 3.05) is 0 Å². The minimum atomic E-state index is -0.101. The van der Waals surface area contributed by atoms with Crippen molar-refractivity contribution >= 4 is 51.2 Å². The molecule has 1 aliphatic rings. The highest BCUT2D eigenvalue weighted by Gasteiger charge is 2.35. The third kappa shape index (κ3) is 3.40. The van der Waals surface area contributed by atoms with Gasteiger partial charge in [-0.05, 0) is 37.1 Å². The molecule has 5 heteroatoms. The van der Waals surface area contributed by atoms with E-state index >= 15 is 0 Å². The van der Waals surface area contributed by atoms with Crippen molar-refractivity contribution < 1.29 is 4.79 Å². The second-order valence-corrected chi connectivity index (χ2v) is 8.20. The van der Waals surface area contributed by atoms with Gasteiger partial charge in [0.2, 0.25) is 0 Å². The number of carbonyl (C=O) groups is 1. The molecule has 0 spiro atoms. The lowest BCUT2D eigenvalue weighted by atomic mass is 10.1. The Kier molecular flexibility index (Phi) is 4.81. The molecule has 1 amide bonds. The van der Waals surface area contributed by atoms with Crippen LogP contribution in [0.25, 0.3) is 17.0 Å². The molecule has 27 heavy (non-hydrogen) atoms. The van der Waals surface area contributed by atoms with Crippen LogP contribution >= 0.6 is 24.0 Å². The van der Waals surface area contributed by atoms with Crippen LogP contribution in [-0.4, -0.2) is 20.1 Å². The first-order chi connectivity index (χ1) is 13.0. The second kappa shape index (κ2) is 7.25. The van der Waals surface area contributed by atoms with E-state index in [9.17, 15) is 4.79 Å². The van der Waals surface area contributed by atoms with Crippen LogP contribution in [0.3, 0.4) is 0 Å². The van der Waals surface area contributed by atoms with E-state index in [0.29, 0.717) is 9.23 Å². The van der Waals surface area contributed by atoms with E-state index in [2.05, 4.69) is 0 Å². The number of para-hydroxylation sites is 1. The largest absolute Gasteiger partial charge is 0.286 e. The number of benzene rings is 2. The van der Waals surface area contributed by atoms with E-state index in [4.69, 9.17) is 17.2 Å². The van der Waals surface area contributed by atoms with E-state index in [0.717, 1.165) is 27.7 Å². The summed E-state index contributed by atoms with van der Waals surface area (Å²) in [5.41, 5.74) is 3.91. The molecule has 1 fully saturated rings. The lowest BCUT2D eigenvalue weighted by Gasteiger charge is -2.23. The average Bonchev–Trinajstić information content (AvgIpc) is 2.96. The van der Waals surface area contributed by atoms with Crippen molar-refractivity contribution in [3.63, 3.8) is 0 Å². The summed E-state index contributed by atoms with van der Waals surface area (Å²) >= 11 is 6.83. The van der Waals surface area contributed by atoms with Crippen LogP contribution in [0.2, 0.25) is 0 Å². The number of fused-ring (bicyclic) bond motifs is 1. The fraction of sp³-hybridized carbons (Fsp3) is 0.136. The van der Waals surface area contributed by atoms with E-state index in [1.54, 1.807) is 4.90 Å². The van der Waals surface area contributed by atoms with Gasteiger partial charge in [0.15, 0.2) is 0 Å². The zero-order valence-electron chi connectivity index (χ0n) is 15.0. The number of hydrogen-bond donors (Lipinski definition) is 0. The molecule has 1 saturated heterocycles. The van der Waals surface area contributed by atoms with Gasteiger partial charge in [-0.15, -0.1) is 0 Å². The lowest BCUT2D eigenvalue weighted by Crippen LogP contribution is -2.30. The number of aryl methyl sites for hydroxylation is 1. The molecule has 4 rings (SSSR count). The Labute approximate surface area is 168 Å². The quantitative estimate of drug-likeness (QED) is 0.436. The van der Waals surface area contributed by atoms with E-state index in [-0.39, 0.29) is 11.9 Å². The molecule has 134 valence electrons. The highest BCUT2D eigenvalue weighted by molar-refractivity contribution is 8.26. The number of thioether (sulfide) groups is 1. The first-order valence-corrected chi connectivity index (χ1v) is 9.95. The van der Waals surface area contributed by atoms with Crippen LogP contribution in [-0.2, 0) is 4.79 Å².